The molecule has 4 unspecified atom stereocenters. The lowest BCUT2D eigenvalue weighted by Gasteiger charge is -2.44. The highest BCUT2D eigenvalue weighted by molar-refractivity contribution is 8.07. The Bertz CT molecular complexity index is 574. The molecule has 6 heteroatoms. The second kappa shape index (κ2) is 10.5. The molecule has 0 saturated carbocycles. The molecule has 3 aliphatic rings. The minimum Gasteiger partial charge on any atom is -0.372 e. The topological polar surface area (TPSA) is 25.1 Å². The molecule has 2 nitrogen and oxygen atoms in total. The first kappa shape index (κ1) is 26.9. The van der Waals surface area contributed by atoms with E-state index in [1.165, 1.54) is 30.8 Å². The minimum atomic E-state index is 0.328. The molecule has 31 heavy (non-hydrogen) atoms. The van der Waals surface area contributed by atoms with Crippen molar-refractivity contribution in [2.24, 2.45) is 10.8 Å². The second-order valence-corrected chi connectivity index (χ2v) is 18.6. The van der Waals surface area contributed by atoms with Crippen LogP contribution in [-0.4, -0.2) is 68.4 Å². The molecule has 0 aromatic heterocycles. The Morgan fingerprint density at radius 2 is 1.26 bits per heavy atom. The maximum atomic E-state index is 5.42. The molecule has 0 spiro atoms. The summed E-state index contributed by atoms with van der Waals surface area (Å²) in [5, 5.41) is 1.56. The molecule has 0 aliphatic carbocycles. The largest absolute Gasteiger partial charge is 0.372 e. The Kier molecular flexibility index (Phi) is 9.13. The van der Waals surface area contributed by atoms with Crippen molar-refractivity contribution >= 4 is 47.0 Å². The Morgan fingerprint density at radius 1 is 0.742 bits per heavy atom. The fourth-order valence-electron chi connectivity index (χ4n) is 5.23. The molecule has 0 N–H and O–H groups in total. The van der Waals surface area contributed by atoms with Gasteiger partial charge in [-0.05, 0) is 30.1 Å². The fraction of sp³-hybridized carbons (Fsp3) is 1.00. The van der Waals surface area contributed by atoms with Crippen LogP contribution in [-0.2, 0) is 9.47 Å². The van der Waals surface area contributed by atoms with E-state index in [9.17, 15) is 0 Å². The molecule has 3 heterocycles. The Hall–Kier alpha value is 1.32. The molecule has 0 amide bonds. The molecule has 3 aliphatic heterocycles. The van der Waals surface area contributed by atoms with E-state index < -0.39 is 0 Å². The minimum absolute atomic E-state index is 0.328. The van der Waals surface area contributed by atoms with Crippen LogP contribution in [0.25, 0.3) is 0 Å². The monoisotopic (exact) mass is 506 g/mol. The summed E-state index contributed by atoms with van der Waals surface area (Å²) >= 11 is 8.74. The highest BCUT2D eigenvalue weighted by Gasteiger charge is 2.40. The van der Waals surface area contributed by atoms with Crippen LogP contribution in [0.4, 0.5) is 0 Å². The lowest BCUT2D eigenvalue weighted by molar-refractivity contribution is 0.279. The Labute approximate surface area is 209 Å². The van der Waals surface area contributed by atoms with E-state index in [0.717, 1.165) is 35.2 Å². The van der Waals surface area contributed by atoms with Gasteiger partial charge >= 0.3 is 0 Å². The molecule has 182 valence electrons. The van der Waals surface area contributed by atoms with Crippen LogP contribution in [0.1, 0.15) is 74.7 Å². The Morgan fingerprint density at radius 3 is 1.71 bits per heavy atom. The lowest BCUT2D eigenvalue weighted by atomic mass is 9.80. The maximum Gasteiger partial charge on any atom is 0.0900 e. The molecule has 0 aromatic rings. The third kappa shape index (κ3) is 9.84. The van der Waals surface area contributed by atoms with Crippen molar-refractivity contribution in [3.63, 3.8) is 0 Å². The van der Waals surface area contributed by atoms with Crippen molar-refractivity contribution in [1.29, 1.82) is 0 Å². The molecule has 3 saturated heterocycles. The average Bonchev–Trinajstić information content (AvgIpc) is 3.52. The number of rotatable bonds is 13. The van der Waals surface area contributed by atoms with Gasteiger partial charge in [0.15, 0.2) is 0 Å². The van der Waals surface area contributed by atoms with Gasteiger partial charge in [0.1, 0.15) is 0 Å². The van der Waals surface area contributed by atoms with Crippen molar-refractivity contribution < 1.29 is 9.47 Å². The van der Waals surface area contributed by atoms with Gasteiger partial charge in [0.05, 0.1) is 25.4 Å². The van der Waals surface area contributed by atoms with Crippen molar-refractivity contribution in [2.75, 3.05) is 36.2 Å². The summed E-state index contributed by atoms with van der Waals surface area (Å²) in [4.78, 5) is 0. The number of ether oxygens (including phenoxy) is 2. The molecular formula is C25H46O2S4. The molecule has 0 radical (unpaired) electrons. The van der Waals surface area contributed by atoms with Gasteiger partial charge in [-0.2, -0.15) is 47.0 Å². The van der Waals surface area contributed by atoms with Crippen LogP contribution in [0.15, 0.2) is 0 Å². The molecule has 4 atom stereocenters. The van der Waals surface area contributed by atoms with Crippen molar-refractivity contribution in [2.45, 2.75) is 107 Å². The van der Waals surface area contributed by atoms with Crippen LogP contribution >= 0.6 is 47.0 Å². The zero-order valence-corrected chi connectivity index (χ0v) is 24.4. The van der Waals surface area contributed by atoms with E-state index in [1.54, 1.807) is 0 Å². The highest BCUT2D eigenvalue weighted by Crippen LogP contribution is 2.49. The summed E-state index contributed by atoms with van der Waals surface area (Å²) in [6.45, 7) is 21.7. The fourth-order valence-corrected chi connectivity index (χ4v) is 11.7. The number of hydrogen-bond acceptors (Lipinski definition) is 6. The third-order valence-electron chi connectivity index (χ3n) is 6.53. The van der Waals surface area contributed by atoms with E-state index in [2.05, 4.69) is 102 Å². The first-order chi connectivity index (χ1) is 14.3. The van der Waals surface area contributed by atoms with E-state index in [0.29, 0.717) is 32.5 Å². The quantitative estimate of drug-likeness (QED) is 0.244. The average molecular weight is 507 g/mol. The van der Waals surface area contributed by atoms with Crippen molar-refractivity contribution in [1.82, 2.24) is 0 Å². The van der Waals surface area contributed by atoms with Gasteiger partial charge in [-0.25, -0.2) is 0 Å². The normalized spacial score (nSPS) is 29.8. The lowest BCUT2D eigenvalue weighted by Crippen LogP contribution is -2.39. The third-order valence-corrected chi connectivity index (χ3v) is 13.0. The smallest absolute Gasteiger partial charge is 0.0900 e. The molecule has 0 bridgehead atoms. The number of hydrogen-bond donors (Lipinski definition) is 0. The van der Waals surface area contributed by atoms with Crippen molar-refractivity contribution in [3.05, 3.63) is 0 Å². The first-order valence-corrected chi connectivity index (χ1v) is 16.1. The summed E-state index contributed by atoms with van der Waals surface area (Å²) in [6.07, 6.45) is 4.96. The summed E-state index contributed by atoms with van der Waals surface area (Å²) in [5.74, 6) is 4.95. The van der Waals surface area contributed by atoms with Gasteiger partial charge in [-0.1, -0.05) is 55.4 Å². The van der Waals surface area contributed by atoms with E-state index in [1.807, 2.05) is 0 Å². The Balaban J connectivity index is 1.41. The maximum absolute atomic E-state index is 5.42. The van der Waals surface area contributed by atoms with Crippen LogP contribution in [0, 0.1) is 10.8 Å². The van der Waals surface area contributed by atoms with Gasteiger partial charge in [-0.15, -0.1) is 0 Å². The van der Waals surface area contributed by atoms with Gasteiger partial charge < -0.3 is 9.47 Å². The van der Waals surface area contributed by atoms with Gasteiger partial charge in [0.25, 0.3) is 0 Å². The van der Waals surface area contributed by atoms with Gasteiger partial charge in [0.2, 0.25) is 0 Å². The summed E-state index contributed by atoms with van der Waals surface area (Å²) in [7, 11) is 0. The summed E-state index contributed by atoms with van der Waals surface area (Å²) in [5.41, 5.74) is 0.771. The summed E-state index contributed by atoms with van der Waals surface area (Å²) < 4.78 is 11.5. The SMILES string of the molecule is CC(C)(CC1CSC(C(C)(C)CC(C)(C)SCC2CO2)CS1)CC(C)(C)SCC1CO1. The predicted octanol–water partition coefficient (Wildman–Crippen LogP) is 7.25. The van der Waals surface area contributed by atoms with Gasteiger partial charge in [0, 0.05) is 43.0 Å². The predicted molar refractivity (Wildman–Crippen MR) is 146 cm³/mol. The zero-order chi connectivity index (χ0) is 22.9. The highest BCUT2D eigenvalue weighted by atomic mass is 32.2. The molecule has 3 rings (SSSR count). The molecular weight excluding hydrogens is 461 g/mol. The first-order valence-electron chi connectivity index (χ1n) is 12.0. The van der Waals surface area contributed by atoms with E-state index >= 15 is 0 Å². The number of epoxide rings is 2. The van der Waals surface area contributed by atoms with Crippen molar-refractivity contribution in [3.8, 4) is 0 Å². The van der Waals surface area contributed by atoms with Crippen LogP contribution in [0.5, 0.6) is 0 Å². The van der Waals surface area contributed by atoms with Crippen LogP contribution < -0.4 is 0 Å². The number of thioether (sulfide) groups is 4. The second-order valence-electron chi connectivity index (χ2n) is 12.5. The van der Waals surface area contributed by atoms with Crippen LogP contribution in [0.3, 0.4) is 0 Å². The standard InChI is InChI=1S/C25H46O2S4/c1-22(2,16-24(5,6)30-12-18-10-26-18)9-20-14-29-21(15-28-20)23(3,4)17-25(7,8)31-13-19-11-27-19/h18-21H,9-17H2,1-8H3. The molecule has 3 fully saturated rings. The molecule has 0 aromatic carbocycles. The zero-order valence-electron chi connectivity index (χ0n) is 21.1. The van der Waals surface area contributed by atoms with Crippen LogP contribution in [0.2, 0.25) is 0 Å². The van der Waals surface area contributed by atoms with E-state index in [4.69, 9.17) is 9.47 Å². The van der Waals surface area contributed by atoms with E-state index in [-0.39, 0.29) is 0 Å². The van der Waals surface area contributed by atoms with Gasteiger partial charge in [-0.3, -0.25) is 0 Å². The summed E-state index contributed by atoms with van der Waals surface area (Å²) in [6, 6.07) is 0.